The van der Waals surface area contributed by atoms with Crippen LogP contribution in [0.5, 0.6) is 11.5 Å². The first-order valence-electron chi connectivity index (χ1n) is 5.44. The lowest BCUT2D eigenvalue weighted by Crippen LogP contribution is -2.04. The molecule has 0 fully saturated rings. The molecule has 0 aromatic heterocycles. The average molecular weight is 230 g/mol. The van der Waals surface area contributed by atoms with Crippen LogP contribution in [0.1, 0.15) is 26.7 Å². The molecule has 0 atom stereocenters. The van der Waals surface area contributed by atoms with Crippen LogP contribution in [-0.2, 0) is 0 Å². The van der Waals surface area contributed by atoms with Crippen molar-refractivity contribution in [2.45, 2.75) is 26.7 Å². The lowest BCUT2D eigenvalue weighted by atomic mass is 10.3. The molecule has 0 aliphatic heterocycles. The van der Waals surface area contributed by atoms with E-state index >= 15 is 0 Å². The zero-order chi connectivity index (χ0) is 12.0. The van der Waals surface area contributed by atoms with Crippen LogP contribution in [0.25, 0.3) is 0 Å². The summed E-state index contributed by atoms with van der Waals surface area (Å²) in [6.07, 6.45) is 1.52. The summed E-state index contributed by atoms with van der Waals surface area (Å²) < 4.78 is 36.9. The molecule has 0 aliphatic carbocycles. The molecule has 0 N–H and O–H groups in total. The van der Waals surface area contributed by atoms with Gasteiger partial charge >= 0.3 is 0 Å². The monoisotopic (exact) mass is 230 g/mol. The third-order valence-corrected chi connectivity index (χ3v) is 1.93. The number of benzene rings is 1. The first kappa shape index (κ1) is 12.7. The fraction of sp³-hybridized carbons (Fsp3) is 0.500. The lowest BCUT2D eigenvalue weighted by molar-refractivity contribution is 0.253. The third kappa shape index (κ3) is 3.08. The van der Waals surface area contributed by atoms with Gasteiger partial charge in [-0.25, -0.2) is 4.39 Å². The molecule has 0 bridgehead atoms. The molecule has 90 valence electrons. The predicted octanol–water partition coefficient (Wildman–Crippen LogP) is 3.54. The van der Waals surface area contributed by atoms with Crippen molar-refractivity contribution < 1.29 is 18.3 Å². The largest absolute Gasteiger partial charge is 0.490 e. The Morgan fingerprint density at radius 1 is 1.00 bits per heavy atom. The number of ether oxygens (including phenoxy) is 2. The minimum Gasteiger partial charge on any atom is -0.490 e. The summed E-state index contributed by atoms with van der Waals surface area (Å²) in [5.74, 6) is -1.78. The van der Waals surface area contributed by atoms with Crippen molar-refractivity contribution in [2.75, 3.05) is 13.2 Å². The molecular weight excluding hydrogens is 214 g/mol. The highest BCUT2D eigenvalue weighted by Gasteiger charge is 2.15. The zero-order valence-electron chi connectivity index (χ0n) is 9.56. The van der Waals surface area contributed by atoms with Crippen LogP contribution in [0.2, 0.25) is 0 Å². The third-order valence-electron chi connectivity index (χ3n) is 1.93. The van der Waals surface area contributed by atoms with Gasteiger partial charge in [-0.3, -0.25) is 0 Å². The van der Waals surface area contributed by atoms with E-state index in [4.69, 9.17) is 9.47 Å². The number of hydrogen-bond donors (Lipinski definition) is 0. The number of rotatable bonds is 6. The predicted molar refractivity (Wildman–Crippen MR) is 57.9 cm³/mol. The van der Waals surface area contributed by atoms with Crippen molar-refractivity contribution in [3.63, 3.8) is 0 Å². The molecule has 0 radical (unpaired) electrons. The minimum atomic E-state index is -0.984. The standard InChI is InChI=1S/C12H16F2O2/c1-3-7-15-10-6-5-9(13)11(14)12(10)16-8-4-2/h5-6H,3-4,7-8H2,1-2H3. The van der Waals surface area contributed by atoms with E-state index in [-0.39, 0.29) is 11.5 Å². The van der Waals surface area contributed by atoms with E-state index in [2.05, 4.69) is 0 Å². The molecule has 0 amide bonds. The molecule has 0 unspecified atom stereocenters. The second-order valence-corrected chi connectivity index (χ2v) is 3.39. The van der Waals surface area contributed by atoms with Gasteiger partial charge in [-0.1, -0.05) is 13.8 Å². The van der Waals surface area contributed by atoms with Gasteiger partial charge < -0.3 is 9.47 Å². The van der Waals surface area contributed by atoms with E-state index < -0.39 is 11.6 Å². The maximum atomic E-state index is 13.4. The van der Waals surface area contributed by atoms with E-state index in [1.165, 1.54) is 6.07 Å². The van der Waals surface area contributed by atoms with E-state index in [1.54, 1.807) is 0 Å². The van der Waals surface area contributed by atoms with Gasteiger partial charge in [0.1, 0.15) is 0 Å². The Kier molecular flexibility index (Phi) is 5.02. The highest BCUT2D eigenvalue weighted by molar-refractivity contribution is 5.41. The smallest absolute Gasteiger partial charge is 0.204 e. The fourth-order valence-electron chi connectivity index (χ4n) is 1.18. The van der Waals surface area contributed by atoms with Gasteiger partial charge in [-0.15, -0.1) is 0 Å². The summed E-state index contributed by atoms with van der Waals surface area (Å²) >= 11 is 0. The van der Waals surface area contributed by atoms with Crippen LogP contribution in [0, 0.1) is 11.6 Å². The molecule has 1 aromatic carbocycles. The topological polar surface area (TPSA) is 18.5 Å². The van der Waals surface area contributed by atoms with Crippen molar-refractivity contribution in [3.8, 4) is 11.5 Å². The van der Waals surface area contributed by atoms with Crippen molar-refractivity contribution in [2.24, 2.45) is 0 Å². The fourth-order valence-corrected chi connectivity index (χ4v) is 1.18. The second kappa shape index (κ2) is 6.30. The first-order valence-corrected chi connectivity index (χ1v) is 5.44. The maximum absolute atomic E-state index is 13.4. The summed E-state index contributed by atoms with van der Waals surface area (Å²) in [5.41, 5.74) is 0. The van der Waals surface area contributed by atoms with Crippen LogP contribution in [-0.4, -0.2) is 13.2 Å². The molecule has 2 nitrogen and oxygen atoms in total. The van der Waals surface area contributed by atoms with Crippen molar-refractivity contribution in [1.29, 1.82) is 0 Å². The Labute approximate surface area is 94.2 Å². The van der Waals surface area contributed by atoms with Crippen LogP contribution in [0.4, 0.5) is 8.78 Å². The average Bonchev–Trinajstić information content (AvgIpc) is 2.29. The minimum absolute atomic E-state index is 0.129. The van der Waals surface area contributed by atoms with Crippen molar-refractivity contribution >= 4 is 0 Å². The van der Waals surface area contributed by atoms with Gasteiger partial charge in [0.2, 0.25) is 5.82 Å². The molecule has 0 saturated carbocycles. The van der Waals surface area contributed by atoms with Gasteiger partial charge in [0.05, 0.1) is 13.2 Å². The normalized spacial score (nSPS) is 10.2. The van der Waals surface area contributed by atoms with E-state index in [0.717, 1.165) is 18.9 Å². The molecule has 1 rings (SSSR count). The lowest BCUT2D eigenvalue weighted by Gasteiger charge is -2.12. The van der Waals surface area contributed by atoms with Gasteiger partial charge in [-0.2, -0.15) is 4.39 Å². The van der Waals surface area contributed by atoms with Crippen LogP contribution < -0.4 is 9.47 Å². The van der Waals surface area contributed by atoms with Crippen LogP contribution >= 0.6 is 0 Å². The summed E-state index contributed by atoms with van der Waals surface area (Å²) in [6, 6.07) is 2.43. The van der Waals surface area contributed by atoms with Crippen LogP contribution in [0.3, 0.4) is 0 Å². The van der Waals surface area contributed by atoms with Gasteiger partial charge in [0.15, 0.2) is 17.3 Å². The highest BCUT2D eigenvalue weighted by Crippen LogP contribution is 2.32. The molecule has 16 heavy (non-hydrogen) atoms. The molecule has 0 aliphatic rings. The van der Waals surface area contributed by atoms with Crippen LogP contribution in [0.15, 0.2) is 12.1 Å². The summed E-state index contributed by atoms with van der Waals surface area (Å²) in [5, 5.41) is 0. The maximum Gasteiger partial charge on any atom is 0.204 e. The zero-order valence-corrected chi connectivity index (χ0v) is 9.56. The molecule has 0 saturated heterocycles. The molecule has 1 aromatic rings. The van der Waals surface area contributed by atoms with Gasteiger partial charge in [0, 0.05) is 0 Å². The van der Waals surface area contributed by atoms with Gasteiger partial charge in [0.25, 0.3) is 0 Å². The Morgan fingerprint density at radius 2 is 1.62 bits per heavy atom. The summed E-state index contributed by atoms with van der Waals surface area (Å²) in [6.45, 7) is 4.62. The number of halogens is 2. The second-order valence-electron chi connectivity index (χ2n) is 3.39. The number of hydrogen-bond acceptors (Lipinski definition) is 2. The van der Waals surface area contributed by atoms with E-state index in [9.17, 15) is 8.78 Å². The van der Waals surface area contributed by atoms with E-state index in [1.807, 2.05) is 13.8 Å². The Hall–Kier alpha value is -1.32. The van der Waals surface area contributed by atoms with Crippen molar-refractivity contribution in [3.05, 3.63) is 23.8 Å². The Bertz CT molecular complexity index is 340. The Morgan fingerprint density at radius 3 is 2.25 bits per heavy atom. The highest BCUT2D eigenvalue weighted by atomic mass is 19.2. The SMILES string of the molecule is CCCOc1ccc(F)c(F)c1OCCC. The Balaban J connectivity index is 2.91. The summed E-state index contributed by atoms with van der Waals surface area (Å²) in [7, 11) is 0. The molecular formula is C12H16F2O2. The molecule has 0 spiro atoms. The molecule has 0 heterocycles. The van der Waals surface area contributed by atoms with Gasteiger partial charge in [-0.05, 0) is 25.0 Å². The van der Waals surface area contributed by atoms with E-state index in [0.29, 0.717) is 13.2 Å². The quantitative estimate of drug-likeness (QED) is 0.744. The first-order chi connectivity index (χ1) is 7.70. The summed E-state index contributed by atoms with van der Waals surface area (Å²) in [4.78, 5) is 0. The van der Waals surface area contributed by atoms with Crippen molar-refractivity contribution in [1.82, 2.24) is 0 Å². The molecule has 4 heteroatoms.